The van der Waals surface area contributed by atoms with Crippen molar-refractivity contribution < 1.29 is 18.3 Å². The number of aryl methyl sites for hydroxylation is 1. The molecular formula is C24H20F3N5O. The molecule has 1 aliphatic rings. The van der Waals surface area contributed by atoms with Gasteiger partial charge in [-0.25, -0.2) is 18.2 Å². The lowest BCUT2D eigenvalue weighted by atomic mass is 9.90. The highest BCUT2D eigenvalue weighted by atomic mass is 19.2. The molecule has 33 heavy (non-hydrogen) atoms. The zero-order chi connectivity index (χ0) is 23.1. The van der Waals surface area contributed by atoms with E-state index in [1.807, 2.05) is 23.8 Å². The molecule has 2 aromatic heterocycles. The Morgan fingerprint density at radius 2 is 1.85 bits per heavy atom. The van der Waals surface area contributed by atoms with Gasteiger partial charge in [0.1, 0.15) is 11.6 Å². The number of hydrogen-bond acceptors (Lipinski definition) is 4. The second kappa shape index (κ2) is 8.23. The van der Waals surface area contributed by atoms with Crippen molar-refractivity contribution in [1.82, 2.24) is 24.3 Å². The summed E-state index contributed by atoms with van der Waals surface area (Å²) in [6.45, 7) is 2.53. The Morgan fingerprint density at radius 1 is 1.06 bits per heavy atom. The summed E-state index contributed by atoms with van der Waals surface area (Å²) in [5, 5.41) is 18.9. The lowest BCUT2D eigenvalue weighted by Gasteiger charge is -2.23. The second-order valence-electron chi connectivity index (χ2n) is 8.07. The molecule has 0 saturated carbocycles. The maximum atomic E-state index is 13.8. The summed E-state index contributed by atoms with van der Waals surface area (Å²) in [7, 11) is 0. The lowest BCUT2D eigenvalue weighted by Crippen LogP contribution is -2.18. The minimum Gasteiger partial charge on any atom is -0.506 e. The van der Waals surface area contributed by atoms with Gasteiger partial charge in [-0.1, -0.05) is 12.1 Å². The summed E-state index contributed by atoms with van der Waals surface area (Å²) in [6, 6.07) is 7.34. The van der Waals surface area contributed by atoms with Crippen LogP contribution in [0.25, 0.3) is 17.8 Å². The Balaban J connectivity index is 1.42. The number of imidazole rings is 1. The van der Waals surface area contributed by atoms with Gasteiger partial charge in [-0.15, -0.1) is 10.2 Å². The molecule has 1 N–H and O–H groups in total. The van der Waals surface area contributed by atoms with Crippen molar-refractivity contribution in [3.05, 3.63) is 88.8 Å². The van der Waals surface area contributed by atoms with Crippen LogP contribution in [-0.4, -0.2) is 29.4 Å². The van der Waals surface area contributed by atoms with Crippen LogP contribution in [0.4, 0.5) is 13.2 Å². The molecule has 0 saturated heterocycles. The SMILES string of the molecule is Cc1cn(-c2ccc(/C=C/c3nnc4n3CCCC4c3cc(F)c(F)c(F)c3)cc2O)cn1. The highest BCUT2D eigenvalue weighted by Crippen LogP contribution is 2.34. The number of phenolic OH excluding ortho intramolecular Hbond substituents is 1. The van der Waals surface area contributed by atoms with Crippen molar-refractivity contribution in [3.8, 4) is 11.4 Å². The van der Waals surface area contributed by atoms with Crippen molar-refractivity contribution >= 4 is 12.2 Å². The third kappa shape index (κ3) is 3.90. The van der Waals surface area contributed by atoms with E-state index in [4.69, 9.17) is 0 Å². The first kappa shape index (κ1) is 21.0. The van der Waals surface area contributed by atoms with Gasteiger partial charge in [0, 0.05) is 18.7 Å². The Labute approximate surface area is 187 Å². The summed E-state index contributed by atoms with van der Waals surface area (Å²) in [5.41, 5.74) is 2.57. The summed E-state index contributed by atoms with van der Waals surface area (Å²) in [4.78, 5) is 4.17. The first-order chi connectivity index (χ1) is 15.9. The predicted octanol–water partition coefficient (Wildman–Crippen LogP) is 4.99. The molecule has 9 heteroatoms. The Morgan fingerprint density at radius 3 is 2.55 bits per heavy atom. The number of aromatic hydroxyl groups is 1. The smallest absolute Gasteiger partial charge is 0.194 e. The van der Waals surface area contributed by atoms with E-state index in [9.17, 15) is 18.3 Å². The molecule has 6 nitrogen and oxygen atoms in total. The van der Waals surface area contributed by atoms with Gasteiger partial charge in [-0.05, 0) is 61.2 Å². The maximum absolute atomic E-state index is 13.8. The zero-order valence-corrected chi connectivity index (χ0v) is 17.7. The molecular weight excluding hydrogens is 431 g/mol. The van der Waals surface area contributed by atoms with Gasteiger partial charge in [0.25, 0.3) is 0 Å². The molecule has 0 bridgehead atoms. The third-order valence-corrected chi connectivity index (χ3v) is 5.82. The van der Waals surface area contributed by atoms with Gasteiger partial charge < -0.3 is 14.2 Å². The number of rotatable bonds is 4. The lowest BCUT2D eigenvalue weighted by molar-refractivity contribution is 0.436. The van der Waals surface area contributed by atoms with Gasteiger partial charge in [-0.2, -0.15) is 0 Å². The standard InChI is InChI=1S/C24H20F3N5O/c1-14-12-31(13-28-14)20-6-4-15(9-21(20)33)5-7-22-29-30-24-17(3-2-8-32(22)24)16-10-18(25)23(27)19(26)11-16/h4-7,9-13,17,33H,2-3,8H2,1H3/b7-5+. The molecule has 3 heterocycles. The number of halogens is 3. The van der Waals surface area contributed by atoms with Crippen LogP contribution < -0.4 is 0 Å². The molecule has 1 unspecified atom stereocenters. The summed E-state index contributed by atoms with van der Waals surface area (Å²) >= 11 is 0. The predicted molar refractivity (Wildman–Crippen MR) is 116 cm³/mol. The van der Waals surface area contributed by atoms with E-state index in [0.29, 0.717) is 35.9 Å². The highest BCUT2D eigenvalue weighted by Gasteiger charge is 2.27. The molecule has 0 radical (unpaired) electrons. The molecule has 0 fully saturated rings. The van der Waals surface area contributed by atoms with Crippen LogP contribution >= 0.6 is 0 Å². The normalized spacial score (nSPS) is 15.8. The van der Waals surface area contributed by atoms with Crippen molar-refractivity contribution in [1.29, 1.82) is 0 Å². The minimum atomic E-state index is -1.47. The van der Waals surface area contributed by atoms with Crippen LogP contribution in [0.1, 0.15) is 47.2 Å². The fourth-order valence-corrected chi connectivity index (χ4v) is 4.20. The molecule has 1 aliphatic heterocycles. The minimum absolute atomic E-state index is 0.109. The number of hydrogen-bond donors (Lipinski definition) is 1. The van der Waals surface area contributed by atoms with E-state index in [1.165, 1.54) is 0 Å². The molecule has 0 aliphatic carbocycles. The fourth-order valence-electron chi connectivity index (χ4n) is 4.20. The average Bonchev–Trinajstić information content (AvgIpc) is 3.41. The average molecular weight is 451 g/mol. The first-order valence-corrected chi connectivity index (χ1v) is 10.5. The van der Waals surface area contributed by atoms with Crippen LogP contribution in [0.5, 0.6) is 5.75 Å². The van der Waals surface area contributed by atoms with Crippen molar-refractivity contribution in [2.45, 2.75) is 32.2 Å². The van der Waals surface area contributed by atoms with Crippen molar-refractivity contribution in [2.24, 2.45) is 0 Å². The Kier molecular flexibility index (Phi) is 5.24. The molecule has 0 spiro atoms. The van der Waals surface area contributed by atoms with Crippen LogP contribution in [0.15, 0.2) is 42.9 Å². The van der Waals surface area contributed by atoms with Crippen LogP contribution in [-0.2, 0) is 6.54 Å². The molecule has 1 atom stereocenters. The number of phenols is 1. The van der Waals surface area contributed by atoms with Gasteiger partial charge >= 0.3 is 0 Å². The highest BCUT2D eigenvalue weighted by molar-refractivity contribution is 5.69. The maximum Gasteiger partial charge on any atom is 0.194 e. The second-order valence-corrected chi connectivity index (χ2v) is 8.07. The first-order valence-electron chi connectivity index (χ1n) is 10.5. The topological polar surface area (TPSA) is 68.8 Å². The number of benzene rings is 2. The third-order valence-electron chi connectivity index (χ3n) is 5.82. The zero-order valence-electron chi connectivity index (χ0n) is 17.7. The van der Waals surface area contributed by atoms with E-state index < -0.39 is 17.5 Å². The van der Waals surface area contributed by atoms with E-state index in [1.54, 1.807) is 35.2 Å². The van der Waals surface area contributed by atoms with E-state index in [0.717, 1.165) is 29.8 Å². The quantitative estimate of drug-likeness (QED) is 0.444. The molecule has 0 amide bonds. The summed E-state index contributed by atoms with van der Waals surface area (Å²) < 4.78 is 44.5. The molecule has 2 aromatic carbocycles. The Hall–Kier alpha value is -3.88. The summed E-state index contributed by atoms with van der Waals surface area (Å²) in [6.07, 6.45) is 8.44. The molecule has 168 valence electrons. The van der Waals surface area contributed by atoms with Crippen molar-refractivity contribution in [2.75, 3.05) is 0 Å². The van der Waals surface area contributed by atoms with Crippen LogP contribution in [0, 0.1) is 24.4 Å². The number of fused-ring (bicyclic) bond motifs is 1. The van der Waals surface area contributed by atoms with Gasteiger partial charge in [-0.3, -0.25) is 0 Å². The van der Waals surface area contributed by atoms with Gasteiger partial charge in [0.2, 0.25) is 0 Å². The summed E-state index contributed by atoms with van der Waals surface area (Å²) in [5.74, 6) is -2.99. The number of nitrogens with zero attached hydrogens (tertiary/aromatic N) is 5. The van der Waals surface area contributed by atoms with E-state index in [-0.39, 0.29) is 11.7 Å². The van der Waals surface area contributed by atoms with Crippen LogP contribution in [0.3, 0.4) is 0 Å². The molecule has 5 rings (SSSR count). The van der Waals surface area contributed by atoms with Crippen molar-refractivity contribution in [3.63, 3.8) is 0 Å². The van der Waals surface area contributed by atoms with E-state index >= 15 is 0 Å². The Bertz CT molecular complexity index is 1350. The largest absolute Gasteiger partial charge is 0.506 e. The van der Waals surface area contributed by atoms with Gasteiger partial charge in [0.05, 0.1) is 17.7 Å². The van der Waals surface area contributed by atoms with E-state index in [2.05, 4.69) is 15.2 Å². The number of aromatic nitrogens is 5. The fraction of sp³-hybridized carbons (Fsp3) is 0.208. The van der Waals surface area contributed by atoms with Gasteiger partial charge in [0.15, 0.2) is 23.3 Å². The monoisotopic (exact) mass is 451 g/mol. The van der Waals surface area contributed by atoms with Crippen LogP contribution in [0.2, 0.25) is 0 Å². The molecule has 4 aromatic rings.